The Morgan fingerprint density at radius 1 is 1.22 bits per heavy atom. The standard InChI is InChI=1S/C13H15Cl2N3/c1-3-18-8-10(7-17-18)13(16-2)9-4-11(14)6-12(15)5-9/h4-8,13,16H,3H2,1-2H3. The zero-order valence-electron chi connectivity index (χ0n) is 10.3. The first-order valence-corrected chi connectivity index (χ1v) is 6.55. The Morgan fingerprint density at radius 2 is 1.89 bits per heavy atom. The summed E-state index contributed by atoms with van der Waals surface area (Å²) >= 11 is 12.1. The van der Waals surface area contributed by atoms with Crippen LogP contribution in [0.15, 0.2) is 30.6 Å². The molecule has 1 heterocycles. The third kappa shape index (κ3) is 2.86. The van der Waals surface area contributed by atoms with E-state index >= 15 is 0 Å². The van der Waals surface area contributed by atoms with Gasteiger partial charge in [-0.2, -0.15) is 5.10 Å². The van der Waals surface area contributed by atoms with Crippen molar-refractivity contribution in [1.29, 1.82) is 0 Å². The topological polar surface area (TPSA) is 29.9 Å². The van der Waals surface area contributed by atoms with Gasteiger partial charge in [0.15, 0.2) is 0 Å². The highest BCUT2D eigenvalue weighted by Crippen LogP contribution is 2.27. The zero-order chi connectivity index (χ0) is 13.1. The highest BCUT2D eigenvalue weighted by molar-refractivity contribution is 6.34. The Morgan fingerprint density at radius 3 is 2.39 bits per heavy atom. The molecule has 2 aromatic rings. The third-order valence-electron chi connectivity index (χ3n) is 2.82. The first-order valence-electron chi connectivity index (χ1n) is 5.79. The van der Waals surface area contributed by atoms with Gasteiger partial charge >= 0.3 is 0 Å². The van der Waals surface area contributed by atoms with E-state index in [1.807, 2.05) is 36.3 Å². The first-order chi connectivity index (χ1) is 8.63. The SMILES string of the molecule is CCn1cc(C(NC)c2cc(Cl)cc(Cl)c2)cn1. The lowest BCUT2D eigenvalue weighted by molar-refractivity contribution is 0.653. The summed E-state index contributed by atoms with van der Waals surface area (Å²) in [5.41, 5.74) is 2.13. The van der Waals surface area contributed by atoms with Crippen LogP contribution < -0.4 is 5.32 Å². The summed E-state index contributed by atoms with van der Waals surface area (Å²) in [6.07, 6.45) is 3.88. The zero-order valence-corrected chi connectivity index (χ0v) is 11.8. The summed E-state index contributed by atoms with van der Waals surface area (Å²) < 4.78 is 1.89. The fraction of sp³-hybridized carbons (Fsp3) is 0.308. The molecule has 0 bridgehead atoms. The van der Waals surface area contributed by atoms with E-state index in [4.69, 9.17) is 23.2 Å². The molecule has 0 aliphatic carbocycles. The van der Waals surface area contributed by atoms with Crippen LogP contribution in [0, 0.1) is 0 Å². The van der Waals surface area contributed by atoms with Crippen molar-refractivity contribution >= 4 is 23.2 Å². The quantitative estimate of drug-likeness (QED) is 0.931. The summed E-state index contributed by atoms with van der Waals surface area (Å²) in [5, 5.41) is 8.82. The smallest absolute Gasteiger partial charge is 0.0606 e. The van der Waals surface area contributed by atoms with E-state index in [-0.39, 0.29) is 6.04 Å². The minimum absolute atomic E-state index is 0.0431. The van der Waals surface area contributed by atoms with E-state index in [1.165, 1.54) is 0 Å². The normalized spacial score (nSPS) is 12.7. The highest BCUT2D eigenvalue weighted by atomic mass is 35.5. The highest BCUT2D eigenvalue weighted by Gasteiger charge is 2.15. The number of nitrogens with one attached hydrogen (secondary N) is 1. The molecular weight excluding hydrogens is 269 g/mol. The average molecular weight is 284 g/mol. The fourth-order valence-electron chi connectivity index (χ4n) is 1.97. The van der Waals surface area contributed by atoms with Crippen LogP contribution in [-0.4, -0.2) is 16.8 Å². The second-order valence-corrected chi connectivity index (χ2v) is 4.93. The monoisotopic (exact) mass is 283 g/mol. The van der Waals surface area contributed by atoms with Crippen LogP contribution in [0.25, 0.3) is 0 Å². The van der Waals surface area contributed by atoms with Crippen LogP contribution >= 0.6 is 23.2 Å². The van der Waals surface area contributed by atoms with Gasteiger partial charge in [0.25, 0.3) is 0 Å². The van der Waals surface area contributed by atoms with Crippen LogP contribution in [0.3, 0.4) is 0 Å². The van der Waals surface area contributed by atoms with Crippen molar-refractivity contribution in [2.24, 2.45) is 0 Å². The van der Waals surface area contributed by atoms with Gasteiger partial charge in [-0.3, -0.25) is 4.68 Å². The first kappa shape index (κ1) is 13.4. The van der Waals surface area contributed by atoms with Crippen molar-refractivity contribution in [2.45, 2.75) is 19.5 Å². The van der Waals surface area contributed by atoms with E-state index in [0.717, 1.165) is 17.7 Å². The van der Waals surface area contributed by atoms with Gasteiger partial charge in [-0.05, 0) is 37.7 Å². The van der Waals surface area contributed by atoms with Gasteiger partial charge in [-0.25, -0.2) is 0 Å². The van der Waals surface area contributed by atoms with Crippen molar-refractivity contribution in [2.75, 3.05) is 7.05 Å². The molecule has 0 radical (unpaired) electrons. The number of hydrogen-bond donors (Lipinski definition) is 1. The number of aromatic nitrogens is 2. The molecule has 1 N–H and O–H groups in total. The molecule has 3 nitrogen and oxygen atoms in total. The Labute approximate surface area is 117 Å². The predicted molar refractivity (Wildman–Crippen MR) is 75.3 cm³/mol. The lowest BCUT2D eigenvalue weighted by atomic mass is 10.0. The molecule has 18 heavy (non-hydrogen) atoms. The van der Waals surface area contributed by atoms with Gasteiger partial charge in [0, 0.05) is 28.4 Å². The van der Waals surface area contributed by atoms with Gasteiger partial charge in [0.2, 0.25) is 0 Å². The molecule has 0 fully saturated rings. The molecule has 96 valence electrons. The lowest BCUT2D eigenvalue weighted by Crippen LogP contribution is -2.17. The van der Waals surface area contributed by atoms with E-state index in [9.17, 15) is 0 Å². The third-order valence-corrected chi connectivity index (χ3v) is 3.25. The van der Waals surface area contributed by atoms with Crippen LogP contribution in [0.5, 0.6) is 0 Å². The van der Waals surface area contributed by atoms with Crippen molar-refractivity contribution in [3.05, 3.63) is 51.8 Å². The lowest BCUT2D eigenvalue weighted by Gasteiger charge is -2.15. The van der Waals surface area contributed by atoms with Gasteiger partial charge in [0.1, 0.15) is 0 Å². The molecule has 0 saturated heterocycles. The molecule has 1 atom stereocenters. The largest absolute Gasteiger partial charge is 0.309 e. The Bertz CT molecular complexity index is 517. The number of halogens is 2. The van der Waals surface area contributed by atoms with Gasteiger partial charge in [-0.1, -0.05) is 23.2 Å². The number of benzene rings is 1. The summed E-state index contributed by atoms with van der Waals surface area (Å²) in [6, 6.07) is 5.60. The molecule has 5 heteroatoms. The molecule has 0 aliphatic heterocycles. The molecule has 1 aromatic carbocycles. The minimum Gasteiger partial charge on any atom is -0.309 e. The maximum atomic E-state index is 6.04. The van der Waals surface area contributed by atoms with E-state index in [2.05, 4.69) is 17.3 Å². The number of nitrogens with zero attached hydrogens (tertiary/aromatic N) is 2. The van der Waals surface area contributed by atoms with E-state index < -0.39 is 0 Å². The Kier molecular flexibility index (Phi) is 4.27. The summed E-state index contributed by atoms with van der Waals surface area (Å²) in [4.78, 5) is 0. The molecular formula is C13H15Cl2N3. The predicted octanol–water partition coefficient (Wildman–Crippen LogP) is 3.52. The van der Waals surface area contributed by atoms with Gasteiger partial charge in [0.05, 0.1) is 12.2 Å². The maximum absolute atomic E-state index is 6.04. The average Bonchev–Trinajstić information content (AvgIpc) is 2.77. The van der Waals surface area contributed by atoms with E-state index in [0.29, 0.717) is 10.0 Å². The van der Waals surface area contributed by atoms with Gasteiger partial charge < -0.3 is 5.32 Å². The van der Waals surface area contributed by atoms with Crippen LogP contribution in [0.2, 0.25) is 10.0 Å². The molecule has 1 aromatic heterocycles. The Balaban J connectivity index is 2.38. The van der Waals surface area contributed by atoms with E-state index in [1.54, 1.807) is 6.07 Å². The van der Waals surface area contributed by atoms with Crippen molar-refractivity contribution in [1.82, 2.24) is 15.1 Å². The summed E-state index contributed by atoms with van der Waals surface area (Å²) in [6.45, 7) is 2.91. The molecule has 2 rings (SSSR count). The van der Waals surface area contributed by atoms with Crippen LogP contribution in [-0.2, 0) is 6.54 Å². The fourth-order valence-corrected chi connectivity index (χ4v) is 2.51. The second kappa shape index (κ2) is 5.74. The molecule has 1 unspecified atom stereocenters. The van der Waals surface area contributed by atoms with Gasteiger partial charge in [-0.15, -0.1) is 0 Å². The molecule has 0 aliphatic rings. The summed E-state index contributed by atoms with van der Waals surface area (Å²) in [7, 11) is 1.91. The Hall–Kier alpha value is -1.03. The second-order valence-electron chi connectivity index (χ2n) is 4.05. The number of hydrogen-bond acceptors (Lipinski definition) is 2. The molecule has 0 amide bonds. The minimum atomic E-state index is 0.0431. The van der Waals surface area contributed by atoms with Crippen molar-refractivity contribution in [3.63, 3.8) is 0 Å². The van der Waals surface area contributed by atoms with Crippen molar-refractivity contribution < 1.29 is 0 Å². The molecule has 0 spiro atoms. The number of aryl methyl sites for hydroxylation is 1. The van der Waals surface area contributed by atoms with Crippen LogP contribution in [0.4, 0.5) is 0 Å². The van der Waals surface area contributed by atoms with Crippen LogP contribution in [0.1, 0.15) is 24.1 Å². The number of rotatable bonds is 4. The van der Waals surface area contributed by atoms with Crippen molar-refractivity contribution in [3.8, 4) is 0 Å². The maximum Gasteiger partial charge on any atom is 0.0606 e. The summed E-state index contributed by atoms with van der Waals surface area (Å²) in [5.74, 6) is 0. The molecule has 0 saturated carbocycles.